The van der Waals surface area contributed by atoms with Gasteiger partial charge in [0.1, 0.15) is 0 Å². The zero-order chi connectivity index (χ0) is 30.0. The number of hydrogen-bond acceptors (Lipinski definition) is 8. The summed E-state index contributed by atoms with van der Waals surface area (Å²) in [6.45, 7) is 3.98. The molecule has 0 amide bonds. The minimum atomic E-state index is -0.451. The van der Waals surface area contributed by atoms with Crippen LogP contribution in [0.25, 0.3) is 0 Å². The molecule has 0 saturated carbocycles. The second-order valence-corrected chi connectivity index (χ2v) is 9.83. The standard InChI is InChI=1S/C32H28N6O4/c1-21-20-32(36(27-11-15-29(16-12-27)37(39)40)28-13-17-30(18-14-28)38(41)42)22(2)19-31(21)35(25-7-3-23(33)4-8-25)26-9-5-24(34)6-10-26/h3-20H,33-34H2,1-2H3. The molecule has 0 radical (unpaired) electrons. The first kappa shape index (κ1) is 27.7. The van der Waals surface area contributed by atoms with Crippen LogP contribution in [0.2, 0.25) is 0 Å². The smallest absolute Gasteiger partial charge is 0.269 e. The molecule has 0 fully saturated rings. The summed E-state index contributed by atoms with van der Waals surface area (Å²) >= 11 is 0. The molecule has 0 bridgehead atoms. The molecule has 4 N–H and O–H groups in total. The Balaban J connectivity index is 1.67. The fourth-order valence-corrected chi connectivity index (χ4v) is 4.82. The van der Waals surface area contributed by atoms with Crippen molar-refractivity contribution >= 4 is 56.9 Å². The van der Waals surface area contributed by atoms with E-state index in [1.807, 2.05) is 73.3 Å². The number of hydrogen-bond donors (Lipinski definition) is 2. The van der Waals surface area contributed by atoms with Gasteiger partial charge >= 0.3 is 0 Å². The van der Waals surface area contributed by atoms with Gasteiger partial charge in [0.05, 0.1) is 9.85 Å². The number of aryl methyl sites for hydroxylation is 2. The third-order valence-electron chi connectivity index (χ3n) is 6.94. The number of nitro groups is 2. The van der Waals surface area contributed by atoms with Crippen LogP contribution < -0.4 is 21.3 Å². The number of nitro benzene ring substituents is 2. The lowest BCUT2D eigenvalue weighted by Gasteiger charge is -2.31. The summed E-state index contributed by atoms with van der Waals surface area (Å²) in [4.78, 5) is 25.8. The molecule has 0 saturated heterocycles. The molecule has 0 aliphatic carbocycles. The van der Waals surface area contributed by atoms with E-state index in [0.717, 1.165) is 33.9 Å². The van der Waals surface area contributed by atoms with Crippen LogP contribution in [-0.2, 0) is 0 Å². The van der Waals surface area contributed by atoms with Gasteiger partial charge in [0.2, 0.25) is 0 Å². The summed E-state index contributed by atoms with van der Waals surface area (Å²) in [7, 11) is 0. The van der Waals surface area contributed by atoms with Crippen molar-refractivity contribution in [3.05, 3.63) is 141 Å². The van der Waals surface area contributed by atoms with Crippen molar-refractivity contribution in [2.45, 2.75) is 13.8 Å². The van der Waals surface area contributed by atoms with E-state index < -0.39 is 9.85 Å². The van der Waals surface area contributed by atoms with Gasteiger partial charge in [-0.3, -0.25) is 20.2 Å². The highest BCUT2D eigenvalue weighted by Gasteiger charge is 2.21. The third-order valence-corrected chi connectivity index (χ3v) is 6.94. The van der Waals surface area contributed by atoms with Crippen molar-refractivity contribution in [2.75, 3.05) is 21.3 Å². The summed E-state index contributed by atoms with van der Waals surface area (Å²) in [5.41, 5.74) is 19.9. The molecule has 0 unspecified atom stereocenters. The number of nitrogen functional groups attached to an aromatic ring is 2. The zero-order valence-corrected chi connectivity index (χ0v) is 23.0. The number of benzene rings is 5. The van der Waals surface area contributed by atoms with Gasteiger partial charge in [0.25, 0.3) is 11.4 Å². The number of nitrogens with two attached hydrogens (primary N) is 2. The van der Waals surface area contributed by atoms with Gasteiger partial charge in [-0.15, -0.1) is 0 Å². The van der Waals surface area contributed by atoms with Crippen molar-refractivity contribution in [1.82, 2.24) is 0 Å². The Bertz CT molecular complexity index is 1650. The maximum absolute atomic E-state index is 11.3. The van der Waals surface area contributed by atoms with Crippen LogP contribution in [0, 0.1) is 34.1 Å². The van der Waals surface area contributed by atoms with Gasteiger partial charge in [-0.2, -0.15) is 0 Å². The van der Waals surface area contributed by atoms with Crippen LogP contribution >= 0.6 is 0 Å². The van der Waals surface area contributed by atoms with Gasteiger partial charge in [-0.25, -0.2) is 0 Å². The molecule has 5 aromatic rings. The fourth-order valence-electron chi connectivity index (χ4n) is 4.82. The predicted molar refractivity (Wildman–Crippen MR) is 167 cm³/mol. The Morgan fingerprint density at radius 1 is 0.500 bits per heavy atom. The van der Waals surface area contributed by atoms with Crippen LogP contribution in [0.15, 0.2) is 109 Å². The second-order valence-electron chi connectivity index (χ2n) is 9.83. The lowest BCUT2D eigenvalue weighted by atomic mass is 10.0. The van der Waals surface area contributed by atoms with Gasteiger partial charge in [-0.05, 0) is 110 Å². The molecule has 0 spiro atoms. The van der Waals surface area contributed by atoms with Crippen molar-refractivity contribution in [3.63, 3.8) is 0 Å². The fraction of sp³-hybridized carbons (Fsp3) is 0.0625. The summed E-state index contributed by atoms with van der Waals surface area (Å²) in [6, 6.07) is 31.7. The van der Waals surface area contributed by atoms with Crippen LogP contribution in [0.1, 0.15) is 11.1 Å². The van der Waals surface area contributed by atoms with E-state index in [0.29, 0.717) is 22.7 Å². The number of rotatable bonds is 8. The molecule has 210 valence electrons. The molecule has 0 aliphatic heterocycles. The Morgan fingerprint density at radius 2 is 0.762 bits per heavy atom. The van der Waals surface area contributed by atoms with Gasteiger partial charge in [-0.1, -0.05) is 0 Å². The lowest BCUT2D eigenvalue weighted by molar-refractivity contribution is -0.385. The zero-order valence-electron chi connectivity index (χ0n) is 23.0. The van der Waals surface area contributed by atoms with E-state index in [1.54, 1.807) is 24.3 Å². The first-order chi connectivity index (χ1) is 20.1. The van der Waals surface area contributed by atoms with Crippen molar-refractivity contribution in [3.8, 4) is 0 Å². The minimum Gasteiger partial charge on any atom is -0.399 e. The Labute approximate surface area is 242 Å². The maximum atomic E-state index is 11.3. The first-order valence-electron chi connectivity index (χ1n) is 13.0. The normalized spacial score (nSPS) is 10.7. The second kappa shape index (κ2) is 11.3. The lowest BCUT2D eigenvalue weighted by Crippen LogP contribution is -2.15. The van der Waals surface area contributed by atoms with Gasteiger partial charge < -0.3 is 21.3 Å². The molecule has 5 rings (SSSR count). The minimum absolute atomic E-state index is 0.0340. The summed E-state index contributed by atoms with van der Waals surface area (Å²) < 4.78 is 0. The molecule has 42 heavy (non-hydrogen) atoms. The average Bonchev–Trinajstić information content (AvgIpc) is 2.98. The highest BCUT2D eigenvalue weighted by Crippen LogP contribution is 2.43. The van der Waals surface area contributed by atoms with E-state index >= 15 is 0 Å². The van der Waals surface area contributed by atoms with Crippen LogP contribution in [0.4, 0.5) is 56.9 Å². The van der Waals surface area contributed by atoms with E-state index in [2.05, 4.69) is 11.0 Å². The van der Waals surface area contributed by atoms with Gasteiger partial charge in [0.15, 0.2) is 0 Å². The van der Waals surface area contributed by atoms with E-state index in [1.165, 1.54) is 24.3 Å². The Morgan fingerprint density at radius 3 is 1.02 bits per heavy atom. The summed E-state index contributed by atoms with van der Waals surface area (Å²) in [5, 5.41) is 22.6. The molecule has 0 aromatic heterocycles. The van der Waals surface area contributed by atoms with Crippen LogP contribution in [-0.4, -0.2) is 9.85 Å². The van der Waals surface area contributed by atoms with E-state index in [-0.39, 0.29) is 11.4 Å². The van der Waals surface area contributed by atoms with E-state index in [4.69, 9.17) is 11.5 Å². The molecular weight excluding hydrogens is 532 g/mol. The molecular formula is C32H28N6O4. The van der Waals surface area contributed by atoms with Crippen molar-refractivity contribution in [2.24, 2.45) is 0 Å². The molecule has 0 atom stereocenters. The average molecular weight is 561 g/mol. The van der Waals surface area contributed by atoms with Crippen LogP contribution in [0.5, 0.6) is 0 Å². The van der Waals surface area contributed by atoms with Crippen molar-refractivity contribution in [1.29, 1.82) is 0 Å². The quantitative estimate of drug-likeness (QED) is 0.110. The van der Waals surface area contributed by atoms with Crippen LogP contribution in [0.3, 0.4) is 0 Å². The summed E-state index contributed by atoms with van der Waals surface area (Å²) in [6.07, 6.45) is 0. The SMILES string of the molecule is Cc1cc(N(c2ccc([N+](=O)[O-])cc2)c2ccc([N+](=O)[O-])cc2)c(C)cc1N(c1ccc(N)cc1)c1ccc(N)cc1. The monoisotopic (exact) mass is 560 g/mol. The Hall–Kier alpha value is -5.90. The topological polar surface area (TPSA) is 145 Å². The van der Waals surface area contributed by atoms with E-state index in [9.17, 15) is 20.2 Å². The highest BCUT2D eigenvalue weighted by atomic mass is 16.6. The third kappa shape index (κ3) is 5.54. The number of non-ortho nitro benzene ring substituents is 2. The number of anilines is 8. The maximum Gasteiger partial charge on any atom is 0.269 e. The first-order valence-corrected chi connectivity index (χ1v) is 13.0. The predicted octanol–water partition coefficient (Wildman–Crippen LogP) is 8.22. The molecule has 10 heteroatoms. The highest BCUT2D eigenvalue weighted by molar-refractivity contribution is 5.85. The van der Waals surface area contributed by atoms with Gasteiger partial charge in [0, 0.05) is 69.8 Å². The molecule has 0 aliphatic rings. The molecule has 0 heterocycles. The Kier molecular flexibility index (Phi) is 7.44. The molecule has 5 aromatic carbocycles. The number of nitrogens with zero attached hydrogens (tertiary/aromatic N) is 4. The van der Waals surface area contributed by atoms with Crippen molar-refractivity contribution < 1.29 is 9.85 Å². The summed E-state index contributed by atoms with van der Waals surface area (Å²) in [5.74, 6) is 0. The largest absolute Gasteiger partial charge is 0.399 e. The molecule has 10 nitrogen and oxygen atoms in total.